The number of benzene rings is 1. The van der Waals surface area contributed by atoms with Crippen LogP contribution in [0, 0.1) is 5.92 Å². The number of carbonyl (C=O) groups excluding carboxylic acids is 1. The molecule has 3 heterocycles. The van der Waals surface area contributed by atoms with Crippen LogP contribution in [-0.2, 0) is 10.3 Å². The number of amides is 1. The molecule has 0 atom stereocenters. The zero-order chi connectivity index (χ0) is 18.5. The fraction of sp³-hybridized carbons (Fsp3) is 0.524. The molecule has 1 aromatic carbocycles. The molecule has 0 saturated carbocycles. The van der Waals surface area contributed by atoms with Gasteiger partial charge in [0.15, 0.2) is 0 Å². The second-order valence-corrected chi connectivity index (χ2v) is 7.59. The summed E-state index contributed by atoms with van der Waals surface area (Å²) < 4.78 is 7.80. The number of para-hydroxylation sites is 1. The van der Waals surface area contributed by atoms with Gasteiger partial charge in [-0.05, 0) is 62.9 Å². The highest BCUT2D eigenvalue weighted by Gasteiger charge is 2.45. The smallest absolute Gasteiger partial charge is 0.250 e. The Bertz CT molecular complexity index is 718. The molecule has 2 fully saturated rings. The molecule has 6 nitrogen and oxygen atoms in total. The first-order valence-electron chi connectivity index (χ1n) is 9.96. The van der Waals surface area contributed by atoms with Crippen LogP contribution in [0.3, 0.4) is 0 Å². The van der Waals surface area contributed by atoms with Crippen molar-refractivity contribution in [2.24, 2.45) is 5.92 Å². The summed E-state index contributed by atoms with van der Waals surface area (Å²) in [5.74, 6) is 1.65. The molecule has 0 unspecified atom stereocenters. The van der Waals surface area contributed by atoms with Crippen LogP contribution in [0.2, 0.25) is 0 Å². The normalized spacial score (nSPS) is 20.4. The van der Waals surface area contributed by atoms with Crippen molar-refractivity contribution >= 4 is 5.91 Å². The number of hydrogen-bond donors (Lipinski definition) is 1. The lowest BCUT2D eigenvalue weighted by atomic mass is 9.85. The van der Waals surface area contributed by atoms with Gasteiger partial charge in [-0.15, -0.1) is 0 Å². The number of aromatic nitrogens is 2. The molecule has 0 radical (unpaired) electrons. The van der Waals surface area contributed by atoms with E-state index in [4.69, 9.17) is 4.74 Å². The molecular weight excluding hydrogens is 340 g/mol. The van der Waals surface area contributed by atoms with E-state index in [1.54, 1.807) is 6.20 Å². The number of piperidine rings is 2. The van der Waals surface area contributed by atoms with E-state index in [9.17, 15) is 4.79 Å². The van der Waals surface area contributed by atoms with Crippen molar-refractivity contribution in [3.63, 3.8) is 0 Å². The van der Waals surface area contributed by atoms with E-state index >= 15 is 0 Å². The largest absolute Gasteiger partial charge is 0.493 e. The minimum absolute atomic E-state index is 0.232. The third kappa shape index (κ3) is 3.86. The minimum Gasteiger partial charge on any atom is -0.493 e. The van der Waals surface area contributed by atoms with Crippen LogP contribution in [0.5, 0.6) is 5.75 Å². The van der Waals surface area contributed by atoms with Gasteiger partial charge in [0.1, 0.15) is 11.3 Å². The molecule has 27 heavy (non-hydrogen) atoms. The van der Waals surface area contributed by atoms with E-state index in [1.165, 1.54) is 0 Å². The first kappa shape index (κ1) is 18.0. The standard InChI is InChI=1S/C21H28N4O2/c26-20(21(9-12-22-13-10-21)25-14-4-11-23-25)24-15-7-18(8-16-24)17-27-19-5-2-1-3-6-19/h1-6,11,14,18,22H,7-10,12-13,15-17H2. The van der Waals surface area contributed by atoms with Crippen LogP contribution in [0.4, 0.5) is 0 Å². The summed E-state index contributed by atoms with van der Waals surface area (Å²) in [6.07, 6.45) is 7.28. The van der Waals surface area contributed by atoms with Crippen molar-refractivity contribution in [1.29, 1.82) is 0 Å². The van der Waals surface area contributed by atoms with E-state index in [2.05, 4.69) is 10.4 Å². The Morgan fingerprint density at radius 1 is 1.15 bits per heavy atom. The average Bonchev–Trinajstić information content (AvgIpc) is 3.29. The second kappa shape index (κ2) is 8.13. The topological polar surface area (TPSA) is 59.4 Å². The van der Waals surface area contributed by atoms with E-state index in [-0.39, 0.29) is 5.91 Å². The Labute approximate surface area is 160 Å². The number of rotatable bonds is 5. The zero-order valence-corrected chi connectivity index (χ0v) is 15.7. The van der Waals surface area contributed by atoms with Gasteiger partial charge in [-0.1, -0.05) is 18.2 Å². The molecule has 2 aliphatic heterocycles. The monoisotopic (exact) mass is 368 g/mol. The number of hydrogen-bond acceptors (Lipinski definition) is 4. The molecule has 2 aromatic rings. The Hall–Kier alpha value is -2.34. The molecule has 0 aliphatic carbocycles. The number of nitrogens with zero attached hydrogens (tertiary/aromatic N) is 3. The van der Waals surface area contributed by atoms with Gasteiger partial charge in [-0.2, -0.15) is 5.10 Å². The van der Waals surface area contributed by atoms with Crippen LogP contribution in [0.15, 0.2) is 48.8 Å². The predicted octanol–water partition coefficient (Wildman–Crippen LogP) is 2.28. The molecule has 1 N–H and O–H groups in total. The Kier molecular flexibility index (Phi) is 5.43. The summed E-state index contributed by atoms with van der Waals surface area (Å²) in [6.45, 7) is 4.04. The Morgan fingerprint density at radius 2 is 1.89 bits per heavy atom. The molecule has 0 spiro atoms. The van der Waals surface area contributed by atoms with Gasteiger partial charge in [-0.3, -0.25) is 9.48 Å². The lowest BCUT2D eigenvalue weighted by Gasteiger charge is -2.42. The van der Waals surface area contributed by atoms with Crippen molar-refractivity contribution in [3.05, 3.63) is 48.8 Å². The molecule has 1 amide bonds. The summed E-state index contributed by atoms with van der Waals surface area (Å²) in [4.78, 5) is 15.5. The quantitative estimate of drug-likeness (QED) is 0.880. The van der Waals surface area contributed by atoms with Gasteiger partial charge in [0.2, 0.25) is 0 Å². The number of carbonyl (C=O) groups is 1. The molecule has 2 aliphatic rings. The van der Waals surface area contributed by atoms with Crippen LogP contribution in [0.25, 0.3) is 0 Å². The number of nitrogens with one attached hydrogen (secondary N) is 1. The minimum atomic E-state index is -0.526. The van der Waals surface area contributed by atoms with Crippen LogP contribution >= 0.6 is 0 Å². The average molecular weight is 368 g/mol. The van der Waals surface area contributed by atoms with E-state index in [1.807, 2.05) is 52.2 Å². The van der Waals surface area contributed by atoms with E-state index < -0.39 is 5.54 Å². The maximum absolute atomic E-state index is 13.5. The first-order valence-corrected chi connectivity index (χ1v) is 9.96. The highest BCUT2D eigenvalue weighted by molar-refractivity contribution is 5.84. The van der Waals surface area contributed by atoms with Gasteiger partial charge in [-0.25, -0.2) is 0 Å². The lowest BCUT2D eigenvalue weighted by Crippen LogP contribution is -2.57. The van der Waals surface area contributed by atoms with Crippen LogP contribution in [-0.4, -0.2) is 53.4 Å². The second-order valence-electron chi connectivity index (χ2n) is 7.59. The van der Waals surface area contributed by atoms with Crippen molar-refractivity contribution in [1.82, 2.24) is 20.0 Å². The summed E-state index contributed by atoms with van der Waals surface area (Å²) in [5, 5.41) is 7.80. The maximum Gasteiger partial charge on any atom is 0.250 e. The fourth-order valence-electron chi connectivity index (χ4n) is 4.23. The number of likely N-dealkylation sites (tertiary alicyclic amines) is 1. The number of ether oxygens (including phenoxy) is 1. The summed E-state index contributed by atoms with van der Waals surface area (Å²) in [5.41, 5.74) is -0.526. The molecule has 144 valence electrons. The van der Waals surface area contributed by atoms with Gasteiger partial charge in [0.25, 0.3) is 5.91 Å². The van der Waals surface area contributed by atoms with Crippen molar-refractivity contribution in [3.8, 4) is 5.75 Å². The Morgan fingerprint density at radius 3 is 2.56 bits per heavy atom. The summed E-state index contributed by atoms with van der Waals surface area (Å²) >= 11 is 0. The van der Waals surface area contributed by atoms with E-state index in [0.717, 1.165) is 64.2 Å². The molecule has 0 bridgehead atoms. The van der Waals surface area contributed by atoms with Gasteiger partial charge in [0.05, 0.1) is 6.61 Å². The van der Waals surface area contributed by atoms with Crippen LogP contribution in [0.1, 0.15) is 25.7 Å². The highest BCUT2D eigenvalue weighted by atomic mass is 16.5. The zero-order valence-electron chi connectivity index (χ0n) is 15.7. The molecule has 2 saturated heterocycles. The van der Waals surface area contributed by atoms with Gasteiger partial charge in [0, 0.05) is 25.5 Å². The van der Waals surface area contributed by atoms with Crippen molar-refractivity contribution < 1.29 is 9.53 Å². The van der Waals surface area contributed by atoms with Crippen LogP contribution < -0.4 is 10.1 Å². The van der Waals surface area contributed by atoms with E-state index in [0.29, 0.717) is 5.92 Å². The maximum atomic E-state index is 13.5. The lowest BCUT2D eigenvalue weighted by molar-refractivity contribution is -0.144. The SMILES string of the molecule is O=C(N1CCC(COc2ccccc2)CC1)C1(n2cccn2)CCNCC1. The molecule has 6 heteroatoms. The third-order valence-corrected chi connectivity index (χ3v) is 5.90. The summed E-state index contributed by atoms with van der Waals surface area (Å²) in [6, 6.07) is 11.9. The molecular formula is C21H28N4O2. The van der Waals surface area contributed by atoms with Gasteiger partial charge >= 0.3 is 0 Å². The summed E-state index contributed by atoms with van der Waals surface area (Å²) in [7, 11) is 0. The Balaban J connectivity index is 1.36. The molecule has 1 aromatic heterocycles. The highest BCUT2D eigenvalue weighted by Crippen LogP contribution is 2.31. The third-order valence-electron chi connectivity index (χ3n) is 5.90. The predicted molar refractivity (Wildman–Crippen MR) is 104 cm³/mol. The fourth-order valence-corrected chi connectivity index (χ4v) is 4.23. The van der Waals surface area contributed by atoms with Crippen molar-refractivity contribution in [2.45, 2.75) is 31.2 Å². The van der Waals surface area contributed by atoms with Gasteiger partial charge < -0.3 is 15.0 Å². The first-order chi connectivity index (χ1) is 13.3. The van der Waals surface area contributed by atoms with Crippen molar-refractivity contribution in [2.75, 3.05) is 32.8 Å². The molecule has 4 rings (SSSR count).